The highest BCUT2D eigenvalue weighted by Crippen LogP contribution is 2.35. The first kappa shape index (κ1) is 9.23. The number of hydrogen-bond acceptors (Lipinski definition) is 5. The fourth-order valence-electron chi connectivity index (χ4n) is 1.59. The van der Waals surface area contributed by atoms with Gasteiger partial charge in [-0.1, -0.05) is 5.16 Å². The molecule has 1 aliphatic rings. The number of ether oxygens (including phenoxy) is 2. The molecule has 2 heterocycles. The summed E-state index contributed by atoms with van der Waals surface area (Å²) in [6.45, 7) is 0.636. The Hall–Kier alpha value is -2.01. The Labute approximate surface area is 91.7 Å². The quantitative estimate of drug-likeness (QED) is 0.827. The molecule has 0 amide bonds. The molecule has 0 unspecified atom stereocenters. The summed E-state index contributed by atoms with van der Waals surface area (Å²) in [5.41, 5.74) is 7.09. The van der Waals surface area contributed by atoms with Gasteiger partial charge in [0.2, 0.25) is 6.79 Å². The molecule has 0 fully saturated rings. The molecule has 0 saturated heterocycles. The first-order valence-electron chi connectivity index (χ1n) is 4.92. The largest absolute Gasteiger partial charge is 0.454 e. The summed E-state index contributed by atoms with van der Waals surface area (Å²) >= 11 is 0. The SMILES string of the molecule is NCc1cc(-c2ccc3c(c2)OCO3)on1. The van der Waals surface area contributed by atoms with Crippen LogP contribution in [-0.2, 0) is 6.54 Å². The van der Waals surface area contributed by atoms with Gasteiger partial charge in [-0.05, 0) is 18.2 Å². The van der Waals surface area contributed by atoms with E-state index in [0.717, 1.165) is 22.8 Å². The van der Waals surface area contributed by atoms with Crippen LogP contribution in [0.2, 0.25) is 0 Å². The molecule has 0 aliphatic carbocycles. The van der Waals surface area contributed by atoms with E-state index in [2.05, 4.69) is 5.16 Å². The Morgan fingerprint density at radius 3 is 2.88 bits per heavy atom. The van der Waals surface area contributed by atoms with E-state index in [1.807, 2.05) is 24.3 Å². The zero-order valence-electron chi connectivity index (χ0n) is 8.47. The Morgan fingerprint density at radius 1 is 1.19 bits per heavy atom. The second kappa shape index (κ2) is 3.53. The molecule has 2 aromatic rings. The summed E-state index contributed by atoms with van der Waals surface area (Å²) in [5, 5.41) is 3.83. The van der Waals surface area contributed by atoms with Gasteiger partial charge in [0.05, 0.1) is 5.69 Å². The molecule has 1 aromatic carbocycles. The van der Waals surface area contributed by atoms with E-state index in [1.54, 1.807) is 0 Å². The van der Waals surface area contributed by atoms with Crippen LogP contribution < -0.4 is 15.2 Å². The zero-order chi connectivity index (χ0) is 11.0. The fraction of sp³-hybridized carbons (Fsp3) is 0.182. The lowest BCUT2D eigenvalue weighted by Gasteiger charge is -1.98. The third-order valence-electron chi connectivity index (χ3n) is 2.43. The van der Waals surface area contributed by atoms with E-state index in [0.29, 0.717) is 12.3 Å². The van der Waals surface area contributed by atoms with E-state index in [1.165, 1.54) is 0 Å². The molecule has 3 rings (SSSR count). The van der Waals surface area contributed by atoms with Crippen LogP contribution in [-0.4, -0.2) is 11.9 Å². The van der Waals surface area contributed by atoms with E-state index < -0.39 is 0 Å². The lowest BCUT2D eigenvalue weighted by molar-refractivity contribution is 0.174. The van der Waals surface area contributed by atoms with Crippen LogP contribution in [0.3, 0.4) is 0 Å². The molecule has 82 valence electrons. The van der Waals surface area contributed by atoms with Crippen LogP contribution in [0.5, 0.6) is 11.5 Å². The van der Waals surface area contributed by atoms with Gasteiger partial charge >= 0.3 is 0 Å². The highest BCUT2D eigenvalue weighted by Gasteiger charge is 2.15. The fourth-order valence-corrected chi connectivity index (χ4v) is 1.59. The van der Waals surface area contributed by atoms with Crippen molar-refractivity contribution in [3.63, 3.8) is 0 Å². The molecule has 5 heteroatoms. The number of nitrogens with two attached hydrogens (primary N) is 1. The van der Waals surface area contributed by atoms with Crippen molar-refractivity contribution in [3.05, 3.63) is 30.0 Å². The van der Waals surface area contributed by atoms with Gasteiger partial charge in [0, 0.05) is 18.2 Å². The minimum absolute atomic E-state index is 0.267. The maximum absolute atomic E-state index is 5.46. The van der Waals surface area contributed by atoms with Crippen LogP contribution in [0.4, 0.5) is 0 Å². The van der Waals surface area contributed by atoms with Crippen LogP contribution in [0.15, 0.2) is 28.8 Å². The van der Waals surface area contributed by atoms with Crippen molar-refractivity contribution in [2.75, 3.05) is 6.79 Å². The van der Waals surface area contributed by atoms with Gasteiger partial charge in [0.1, 0.15) is 0 Å². The predicted octanol–water partition coefficient (Wildman–Crippen LogP) is 1.53. The maximum atomic E-state index is 5.46. The van der Waals surface area contributed by atoms with Gasteiger partial charge in [-0.15, -0.1) is 0 Å². The molecule has 1 aliphatic heterocycles. The molecule has 2 N–H and O–H groups in total. The van der Waals surface area contributed by atoms with E-state index >= 15 is 0 Å². The summed E-state index contributed by atoms with van der Waals surface area (Å²) < 4.78 is 15.7. The highest BCUT2D eigenvalue weighted by atomic mass is 16.7. The first-order valence-corrected chi connectivity index (χ1v) is 4.92. The lowest BCUT2D eigenvalue weighted by atomic mass is 10.1. The van der Waals surface area contributed by atoms with E-state index in [9.17, 15) is 0 Å². The van der Waals surface area contributed by atoms with Crippen LogP contribution >= 0.6 is 0 Å². The van der Waals surface area contributed by atoms with Crippen molar-refractivity contribution in [2.24, 2.45) is 5.73 Å². The third kappa shape index (κ3) is 1.42. The van der Waals surface area contributed by atoms with Gasteiger partial charge in [-0.3, -0.25) is 0 Å². The summed E-state index contributed by atoms with van der Waals surface area (Å²) in [6.07, 6.45) is 0. The molecule has 0 saturated carbocycles. The Bertz CT molecular complexity index is 522. The molecular formula is C11H10N2O3. The normalized spacial score (nSPS) is 13.1. The number of hydrogen-bond donors (Lipinski definition) is 1. The first-order chi connectivity index (χ1) is 7.86. The Balaban J connectivity index is 2.00. The number of aromatic nitrogens is 1. The number of fused-ring (bicyclic) bond motifs is 1. The van der Waals surface area contributed by atoms with Gasteiger partial charge < -0.3 is 19.7 Å². The predicted molar refractivity (Wildman–Crippen MR) is 56.0 cm³/mol. The van der Waals surface area contributed by atoms with E-state index in [-0.39, 0.29) is 6.79 Å². The van der Waals surface area contributed by atoms with Crippen molar-refractivity contribution < 1.29 is 14.0 Å². The molecule has 5 nitrogen and oxygen atoms in total. The average molecular weight is 218 g/mol. The molecular weight excluding hydrogens is 208 g/mol. The van der Waals surface area contributed by atoms with Crippen LogP contribution in [0, 0.1) is 0 Å². The lowest BCUT2D eigenvalue weighted by Crippen LogP contribution is -1.94. The zero-order valence-corrected chi connectivity index (χ0v) is 8.47. The standard InChI is InChI=1S/C11H10N2O3/c12-5-8-4-10(16-13-8)7-1-2-9-11(3-7)15-6-14-9/h1-4H,5-6,12H2. The molecule has 0 bridgehead atoms. The summed E-state index contributed by atoms with van der Waals surface area (Å²) in [7, 11) is 0. The minimum Gasteiger partial charge on any atom is -0.454 e. The summed E-state index contributed by atoms with van der Waals surface area (Å²) in [5.74, 6) is 2.16. The molecule has 0 atom stereocenters. The topological polar surface area (TPSA) is 70.5 Å². The second-order valence-electron chi connectivity index (χ2n) is 3.45. The number of nitrogens with zero attached hydrogens (tertiary/aromatic N) is 1. The average Bonchev–Trinajstić information content (AvgIpc) is 2.96. The highest BCUT2D eigenvalue weighted by molar-refractivity contribution is 5.63. The van der Waals surface area contributed by atoms with Crippen molar-refractivity contribution in [1.29, 1.82) is 0 Å². The Morgan fingerprint density at radius 2 is 2.06 bits per heavy atom. The minimum atomic E-state index is 0.267. The number of benzene rings is 1. The summed E-state index contributed by atoms with van der Waals surface area (Å²) in [6, 6.07) is 7.43. The number of rotatable bonds is 2. The van der Waals surface area contributed by atoms with Gasteiger partial charge in [0.25, 0.3) is 0 Å². The van der Waals surface area contributed by atoms with Crippen molar-refractivity contribution in [2.45, 2.75) is 6.54 Å². The smallest absolute Gasteiger partial charge is 0.231 e. The monoisotopic (exact) mass is 218 g/mol. The van der Waals surface area contributed by atoms with Gasteiger partial charge in [-0.25, -0.2) is 0 Å². The van der Waals surface area contributed by atoms with Crippen LogP contribution in [0.1, 0.15) is 5.69 Å². The van der Waals surface area contributed by atoms with Gasteiger partial charge in [0.15, 0.2) is 17.3 Å². The van der Waals surface area contributed by atoms with Crippen molar-refractivity contribution in [3.8, 4) is 22.8 Å². The van der Waals surface area contributed by atoms with Crippen molar-refractivity contribution >= 4 is 0 Å². The van der Waals surface area contributed by atoms with Crippen LogP contribution in [0.25, 0.3) is 11.3 Å². The summed E-state index contributed by atoms with van der Waals surface area (Å²) in [4.78, 5) is 0. The Kier molecular flexibility index (Phi) is 2.04. The molecule has 0 spiro atoms. The molecule has 16 heavy (non-hydrogen) atoms. The third-order valence-corrected chi connectivity index (χ3v) is 2.43. The van der Waals surface area contributed by atoms with Crippen molar-refractivity contribution in [1.82, 2.24) is 5.16 Å². The van der Waals surface area contributed by atoms with Gasteiger partial charge in [-0.2, -0.15) is 0 Å². The molecule has 1 aromatic heterocycles. The second-order valence-corrected chi connectivity index (χ2v) is 3.45. The maximum Gasteiger partial charge on any atom is 0.231 e. The molecule has 0 radical (unpaired) electrons. The van der Waals surface area contributed by atoms with E-state index in [4.69, 9.17) is 19.7 Å².